The molecule has 1 aliphatic rings. The van der Waals surface area contributed by atoms with Gasteiger partial charge in [-0.05, 0) is 52.5 Å². The Labute approximate surface area is 147 Å². The van der Waals surface area contributed by atoms with E-state index in [0.717, 1.165) is 12.8 Å². The number of pyridine rings is 1. The fourth-order valence-corrected chi connectivity index (χ4v) is 2.83. The number of aromatic nitrogens is 1. The van der Waals surface area contributed by atoms with Gasteiger partial charge in [0.2, 0.25) is 5.91 Å². The Bertz CT molecular complexity index is 593. The zero-order valence-electron chi connectivity index (χ0n) is 14.3. The van der Waals surface area contributed by atoms with Crippen LogP contribution in [0.1, 0.15) is 46.5 Å². The van der Waals surface area contributed by atoms with Crippen molar-refractivity contribution < 1.29 is 14.3 Å². The molecule has 24 heavy (non-hydrogen) atoms. The van der Waals surface area contributed by atoms with Gasteiger partial charge in [-0.1, -0.05) is 11.6 Å². The van der Waals surface area contributed by atoms with Crippen molar-refractivity contribution in [3.8, 4) is 0 Å². The fraction of sp³-hybridized carbons (Fsp3) is 0.588. The summed E-state index contributed by atoms with van der Waals surface area (Å²) < 4.78 is 5.26. The van der Waals surface area contributed by atoms with E-state index in [4.69, 9.17) is 16.3 Å². The van der Waals surface area contributed by atoms with Gasteiger partial charge in [0.05, 0.1) is 16.9 Å². The number of rotatable bonds is 3. The number of halogens is 1. The van der Waals surface area contributed by atoms with Crippen molar-refractivity contribution >= 4 is 29.3 Å². The lowest BCUT2D eigenvalue weighted by Crippen LogP contribution is -2.42. The predicted molar refractivity (Wildman–Crippen MR) is 93.0 cm³/mol. The lowest BCUT2D eigenvalue weighted by atomic mass is 9.85. The van der Waals surface area contributed by atoms with E-state index in [-0.39, 0.29) is 17.9 Å². The number of ether oxygens (including phenoxy) is 1. The van der Waals surface area contributed by atoms with Crippen LogP contribution in [0, 0.1) is 5.92 Å². The monoisotopic (exact) mass is 353 g/mol. The quantitative estimate of drug-likeness (QED) is 0.867. The van der Waals surface area contributed by atoms with Crippen LogP contribution in [0.2, 0.25) is 5.02 Å². The molecule has 1 aliphatic carbocycles. The van der Waals surface area contributed by atoms with Gasteiger partial charge < -0.3 is 15.4 Å². The topological polar surface area (TPSA) is 80.3 Å². The molecule has 1 aromatic rings. The van der Waals surface area contributed by atoms with Gasteiger partial charge in [0.25, 0.3) is 0 Å². The summed E-state index contributed by atoms with van der Waals surface area (Å²) in [7, 11) is 0. The van der Waals surface area contributed by atoms with Crippen LogP contribution in [-0.2, 0) is 9.53 Å². The molecule has 0 saturated heterocycles. The van der Waals surface area contributed by atoms with Gasteiger partial charge in [-0.25, -0.2) is 4.79 Å². The molecule has 2 amide bonds. The summed E-state index contributed by atoms with van der Waals surface area (Å²) in [6.07, 6.45) is 5.63. The Balaban J connectivity index is 1.79. The highest BCUT2D eigenvalue weighted by Crippen LogP contribution is 2.27. The first-order valence-corrected chi connectivity index (χ1v) is 8.52. The van der Waals surface area contributed by atoms with Crippen molar-refractivity contribution in [2.75, 3.05) is 5.32 Å². The fourth-order valence-electron chi connectivity index (χ4n) is 2.68. The lowest BCUT2D eigenvalue weighted by molar-refractivity contribution is -0.120. The van der Waals surface area contributed by atoms with Gasteiger partial charge in [-0.15, -0.1) is 0 Å². The molecule has 0 aliphatic heterocycles. The molecule has 0 atom stereocenters. The predicted octanol–water partition coefficient (Wildman–Crippen LogP) is 3.76. The molecule has 0 unspecified atom stereocenters. The third-order valence-corrected chi connectivity index (χ3v) is 4.17. The smallest absolute Gasteiger partial charge is 0.407 e. The molecule has 0 spiro atoms. The lowest BCUT2D eigenvalue weighted by Gasteiger charge is -2.29. The third-order valence-electron chi connectivity index (χ3n) is 3.84. The first-order chi connectivity index (χ1) is 11.2. The average molecular weight is 354 g/mol. The van der Waals surface area contributed by atoms with Crippen LogP contribution < -0.4 is 10.6 Å². The van der Waals surface area contributed by atoms with Gasteiger partial charge in [0, 0.05) is 18.2 Å². The van der Waals surface area contributed by atoms with E-state index in [1.165, 1.54) is 6.20 Å². The van der Waals surface area contributed by atoms with Crippen LogP contribution in [0.15, 0.2) is 18.5 Å². The molecule has 6 nitrogen and oxygen atoms in total. The Kier molecular flexibility index (Phi) is 6.04. The summed E-state index contributed by atoms with van der Waals surface area (Å²) in [5.41, 5.74) is 0.0163. The van der Waals surface area contributed by atoms with Gasteiger partial charge in [-0.2, -0.15) is 0 Å². The molecule has 0 bridgehead atoms. The standard InChI is InChI=1S/C17H24ClN3O3/c1-17(2,3)24-16(23)20-12-6-4-11(5-7-12)15(22)21-14-10-19-9-8-13(14)18/h8-12H,4-7H2,1-3H3,(H,20,23)(H,21,22)/t11-,12-. The molecule has 7 heteroatoms. The molecule has 1 aromatic heterocycles. The molecule has 2 N–H and O–H groups in total. The average Bonchev–Trinajstić information content (AvgIpc) is 2.48. The Morgan fingerprint density at radius 1 is 1.25 bits per heavy atom. The molecule has 1 heterocycles. The van der Waals surface area contributed by atoms with Gasteiger partial charge in [0.1, 0.15) is 5.60 Å². The number of alkyl carbamates (subject to hydrolysis) is 1. The van der Waals surface area contributed by atoms with Crippen molar-refractivity contribution in [2.24, 2.45) is 5.92 Å². The Morgan fingerprint density at radius 2 is 1.92 bits per heavy atom. The van der Waals surface area contributed by atoms with Crippen LogP contribution in [0.25, 0.3) is 0 Å². The minimum Gasteiger partial charge on any atom is -0.444 e. The maximum Gasteiger partial charge on any atom is 0.407 e. The summed E-state index contributed by atoms with van der Waals surface area (Å²) in [5, 5.41) is 6.16. The molecule has 2 rings (SSSR count). The maximum absolute atomic E-state index is 12.3. The van der Waals surface area contributed by atoms with Crippen LogP contribution in [0.3, 0.4) is 0 Å². The Morgan fingerprint density at radius 3 is 2.50 bits per heavy atom. The second-order valence-corrected chi connectivity index (χ2v) is 7.45. The normalized spacial score (nSPS) is 21.0. The van der Waals surface area contributed by atoms with Crippen LogP contribution in [0.4, 0.5) is 10.5 Å². The minimum atomic E-state index is -0.510. The van der Waals surface area contributed by atoms with E-state index in [1.54, 1.807) is 12.3 Å². The molecular formula is C17H24ClN3O3. The third kappa shape index (κ3) is 5.67. The highest BCUT2D eigenvalue weighted by molar-refractivity contribution is 6.33. The van der Waals surface area contributed by atoms with E-state index < -0.39 is 11.7 Å². The van der Waals surface area contributed by atoms with Crippen molar-refractivity contribution in [2.45, 2.75) is 58.1 Å². The van der Waals surface area contributed by atoms with E-state index in [2.05, 4.69) is 15.6 Å². The zero-order valence-corrected chi connectivity index (χ0v) is 15.0. The number of hydrogen-bond acceptors (Lipinski definition) is 4. The first-order valence-electron chi connectivity index (χ1n) is 8.14. The summed E-state index contributed by atoms with van der Waals surface area (Å²) in [5.74, 6) is -0.140. The van der Waals surface area contributed by atoms with Crippen molar-refractivity contribution in [1.29, 1.82) is 0 Å². The van der Waals surface area contributed by atoms with E-state index >= 15 is 0 Å². The maximum atomic E-state index is 12.3. The minimum absolute atomic E-state index is 0.0471. The Hall–Kier alpha value is -1.82. The second-order valence-electron chi connectivity index (χ2n) is 7.04. The second kappa shape index (κ2) is 7.83. The van der Waals surface area contributed by atoms with Crippen molar-refractivity contribution in [1.82, 2.24) is 10.3 Å². The first kappa shape index (κ1) is 18.5. The van der Waals surface area contributed by atoms with Crippen LogP contribution in [0.5, 0.6) is 0 Å². The SMILES string of the molecule is CC(C)(C)OC(=O)N[C@H]1CC[C@H](C(=O)Nc2cnccc2Cl)CC1. The zero-order chi connectivity index (χ0) is 17.7. The molecule has 1 fully saturated rings. The van der Waals surface area contributed by atoms with Crippen LogP contribution in [-0.4, -0.2) is 28.6 Å². The number of nitrogens with zero attached hydrogens (tertiary/aromatic N) is 1. The molecular weight excluding hydrogens is 330 g/mol. The van der Waals surface area contributed by atoms with Crippen LogP contribution >= 0.6 is 11.6 Å². The number of carbonyl (C=O) groups excluding carboxylic acids is 2. The largest absolute Gasteiger partial charge is 0.444 e. The summed E-state index contributed by atoms with van der Waals surface area (Å²) in [4.78, 5) is 28.1. The number of amides is 2. The highest BCUT2D eigenvalue weighted by atomic mass is 35.5. The molecule has 0 aromatic carbocycles. The van der Waals surface area contributed by atoms with Gasteiger partial charge >= 0.3 is 6.09 Å². The van der Waals surface area contributed by atoms with Gasteiger partial charge in [-0.3, -0.25) is 9.78 Å². The highest BCUT2D eigenvalue weighted by Gasteiger charge is 2.28. The summed E-state index contributed by atoms with van der Waals surface area (Å²) in [6, 6.07) is 1.68. The van der Waals surface area contributed by atoms with Crippen molar-refractivity contribution in [3.63, 3.8) is 0 Å². The van der Waals surface area contributed by atoms with Gasteiger partial charge in [0.15, 0.2) is 0 Å². The number of nitrogens with one attached hydrogen (secondary N) is 2. The van der Waals surface area contributed by atoms with E-state index in [9.17, 15) is 9.59 Å². The summed E-state index contributed by atoms with van der Waals surface area (Å²) in [6.45, 7) is 5.49. The molecule has 0 radical (unpaired) electrons. The molecule has 132 valence electrons. The van der Waals surface area contributed by atoms with Crippen molar-refractivity contribution in [3.05, 3.63) is 23.5 Å². The van der Waals surface area contributed by atoms with E-state index in [0.29, 0.717) is 23.6 Å². The summed E-state index contributed by atoms with van der Waals surface area (Å²) >= 11 is 6.02. The number of anilines is 1. The number of carbonyl (C=O) groups is 2. The van der Waals surface area contributed by atoms with E-state index in [1.807, 2.05) is 20.8 Å². The molecule has 1 saturated carbocycles. The number of hydrogen-bond donors (Lipinski definition) is 2.